The predicted octanol–water partition coefficient (Wildman–Crippen LogP) is 3.77. The summed E-state index contributed by atoms with van der Waals surface area (Å²) in [5.74, 6) is -0.927. The Morgan fingerprint density at radius 2 is 1.82 bits per heavy atom. The molecule has 0 spiro atoms. The fourth-order valence-corrected chi connectivity index (χ4v) is 4.54. The average Bonchev–Trinajstić information content (AvgIpc) is 3.01. The van der Waals surface area contributed by atoms with E-state index in [1.54, 1.807) is 35.8 Å². The number of halogens is 1. The van der Waals surface area contributed by atoms with Crippen molar-refractivity contribution in [1.29, 1.82) is 0 Å². The summed E-state index contributed by atoms with van der Waals surface area (Å²) in [4.78, 5) is 12.5. The van der Waals surface area contributed by atoms with Crippen molar-refractivity contribution in [3.63, 3.8) is 0 Å². The SMILES string of the molecule is Cc1ccc(C)c(N(CC(=O)NN=Cc2cc(C)n(-c3ccccc3F)c2C)S(C)(=O)=O)c1. The van der Waals surface area contributed by atoms with E-state index in [4.69, 9.17) is 0 Å². The van der Waals surface area contributed by atoms with Crippen LogP contribution in [0.3, 0.4) is 0 Å². The molecule has 2 aromatic carbocycles. The second-order valence-corrected chi connectivity index (χ2v) is 9.87. The van der Waals surface area contributed by atoms with E-state index in [1.165, 1.54) is 12.3 Å². The molecular weight excluding hydrogens is 443 g/mol. The van der Waals surface area contributed by atoms with Crippen molar-refractivity contribution in [1.82, 2.24) is 9.99 Å². The molecule has 1 N–H and O–H groups in total. The molecular formula is C24H27FN4O3S. The standard InChI is InChI=1S/C24H27FN4O3S/c1-16-10-11-17(2)23(12-16)28(33(5,31)32)15-24(30)27-26-14-20-13-18(3)29(19(20)4)22-9-7-6-8-21(22)25/h6-14H,15H2,1-5H3,(H,27,30). The summed E-state index contributed by atoms with van der Waals surface area (Å²) in [7, 11) is -3.69. The lowest BCUT2D eigenvalue weighted by Crippen LogP contribution is -2.39. The maximum atomic E-state index is 14.2. The maximum absolute atomic E-state index is 14.2. The predicted molar refractivity (Wildman–Crippen MR) is 129 cm³/mol. The van der Waals surface area contributed by atoms with Gasteiger partial charge in [-0.3, -0.25) is 9.10 Å². The Balaban J connectivity index is 1.78. The van der Waals surface area contributed by atoms with Crippen LogP contribution in [0.4, 0.5) is 10.1 Å². The molecule has 7 nitrogen and oxygen atoms in total. The number of hydrogen-bond acceptors (Lipinski definition) is 4. The van der Waals surface area contributed by atoms with E-state index >= 15 is 0 Å². The smallest absolute Gasteiger partial charge is 0.260 e. The zero-order chi connectivity index (χ0) is 24.3. The van der Waals surface area contributed by atoms with Crippen molar-refractivity contribution in [3.05, 3.63) is 82.4 Å². The number of sulfonamides is 1. The first-order chi connectivity index (χ1) is 15.5. The molecule has 9 heteroatoms. The number of anilines is 1. The topological polar surface area (TPSA) is 83.8 Å². The summed E-state index contributed by atoms with van der Waals surface area (Å²) in [6.45, 7) is 6.91. The Morgan fingerprint density at radius 1 is 1.12 bits per heavy atom. The molecule has 33 heavy (non-hydrogen) atoms. The van der Waals surface area contributed by atoms with Gasteiger partial charge in [-0.2, -0.15) is 5.10 Å². The minimum Gasteiger partial charge on any atom is -0.315 e. The molecule has 1 aromatic heterocycles. The molecule has 0 saturated heterocycles. The van der Waals surface area contributed by atoms with E-state index in [0.29, 0.717) is 16.9 Å². The van der Waals surface area contributed by atoms with E-state index in [2.05, 4.69) is 10.5 Å². The monoisotopic (exact) mass is 470 g/mol. The Hall–Kier alpha value is -3.46. The second-order valence-electron chi connectivity index (χ2n) is 7.97. The number of carbonyl (C=O) groups is 1. The lowest BCUT2D eigenvalue weighted by molar-refractivity contribution is -0.119. The molecule has 174 valence electrons. The summed E-state index contributed by atoms with van der Waals surface area (Å²) in [5.41, 5.74) is 7.14. The number of para-hydroxylation sites is 1. The average molecular weight is 471 g/mol. The van der Waals surface area contributed by atoms with Crippen molar-refractivity contribution in [3.8, 4) is 5.69 Å². The fraction of sp³-hybridized carbons (Fsp3) is 0.250. The van der Waals surface area contributed by atoms with Crippen molar-refractivity contribution in [2.75, 3.05) is 17.1 Å². The highest BCUT2D eigenvalue weighted by Crippen LogP contribution is 2.24. The maximum Gasteiger partial charge on any atom is 0.260 e. The van der Waals surface area contributed by atoms with Crippen LogP contribution < -0.4 is 9.73 Å². The van der Waals surface area contributed by atoms with Crippen molar-refractivity contribution in [2.45, 2.75) is 27.7 Å². The van der Waals surface area contributed by atoms with Crippen molar-refractivity contribution >= 4 is 27.8 Å². The van der Waals surface area contributed by atoms with Gasteiger partial charge in [0.15, 0.2) is 0 Å². The quantitative estimate of drug-likeness (QED) is 0.422. The van der Waals surface area contributed by atoms with Gasteiger partial charge in [-0.25, -0.2) is 18.2 Å². The van der Waals surface area contributed by atoms with Crippen LogP contribution in [-0.4, -0.2) is 37.9 Å². The molecule has 0 aliphatic heterocycles. The van der Waals surface area contributed by atoms with E-state index in [9.17, 15) is 17.6 Å². The van der Waals surface area contributed by atoms with E-state index in [-0.39, 0.29) is 5.82 Å². The van der Waals surface area contributed by atoms with Gasteiger partial charge in [0.25, 0.3) is 5.91 Å². The van der Waals surface area contributed by atoms with Crippen LogP contribution in [-0.2, 0) is 14.8 Å². The number of rotatable bonds is 7. The number of nitrogens with one attached hydrogen (secondary N) is 1. The molecule has 0 aliphatic rings. The first kappa shape index (κ1) is 24.2. The minimum atomic E-state index is -3.69. The van der Waals surface area contributed by atoms with Gasteiger partial charge in [-0.1, -0.05) is 24.3 Å². The van der Waals surface area contributed by atoms with E-state index < -0.39 is 22.5 Å². The van der Waals surface area contributed by atoms with Crippen LogP contribution in [0, 0.1) is 33.5 Å². The lowest BCUT2D eigenvalue weighted by Gasteiger charge is -2.23. The van der Waals surface area contributed by atoms with Crippen molar-refractivity contribution < 1.29 is 17.6 Å². The van der Waals surface area contributed by atoms with Crippen LogP contribution in [0.5, 0.6) is 0 Å². The normalized spacial score (nSPS) is 11.7. The third-order valence-corrected chi connectivity index (χ3v) is 6.40. The van der Waals surface area contributed by atoms with Gasteiger partial charge in [0.05, 0.1) is 23.8 Å². The molecule has 0 aliphatic carbocycles. The minimum absolute atomic E-state index is 0.344. The number of carbonyl (C=O) groups excluding carboxylic acids is 1. The van der Waals surface area contributed by atoms with Crippen LogP contribution in [0.25, 0.3) is 5.69 Å². The Bertz CT molecular complexity index is 1330. The zero-order valence-corrected chi connectivity index (χ0v) is 20.1. The van der Waals surface area contributed by atoms with E-state index in [0.717, 1.165) is 33.1 Å². The van der Waals surface area contributed by atoms with Crippen LogP contribution in [0.15, 0.2) is 53.6 Å². The molecule has 0 bridgehead atoms. The first-order valence-corrected chi connectivity index (χ1v) is 12.1. The van der Waals surface area contributed by atoms with Crippen LogP contribution in [0.1, 0.15) is 28.1 Å². The van der Waals surface area contributed by atoms with E-state index in [1.807, 2.05) is 39.0 Å². The van der Waals surface area contributed by atoms with Gasteiger partial charge in [0, 0.05) is 17.0 Å². The third-order valence-electron chi connectivity index (χ3n) is 5.28. The van der Waals surface area contributed by atoms with Crippen LogP contribution >= 0.6 is 0 Å². The van der Waals surface area contributed by atoms with Gasteiger partial charge < -0.3 is 4.57 Å². The highest BCUT2D eigenvalue weighted by molar-refractivity contribution is 7.92. The molecule has 0 atom stereocenters. The number of aryl methyl sites for hydroxylation is 3. The number of nitrogens with zero attached hydrogens (tertiary/aromatic N) is 3. The van der Waals surface area contributed by atoms with Crippen LogP contribution in [0.2, 0.25) is 0 Å². The molecule has 1 heterocycles. The molecule has 0 radical (unpaired) electrons. The summed E-state index contributed by atoms with van der Waals surface area (Å²) in [6, 6.07) is 13.7. The highest BCUT2D eigenvalue weighted by Gasteiger charge is 2.22. The number of benzene rings is 2. The fourth-order valence-electron chi connectivity index (χ4n) is 3.63. The van der Waals surface area contributed by atoms with Gasteiger partial charge >= 0.3 is 0 Å². The second kappa shape index (κ2) is 9.58. The lowest BCUT2D eigenvalue weighted by atomic mass is 10.1. The van der Waals surface area contributed by atoms with Gasteiger partial charge in [-0.05, 0) is 63.1 Å². The molecule has 1 amide bonds. The Morgan fingerprint density at radius 3 is 2.48 bits per heavy atom. The number of aromatic nitrogens is 1. The molecule has 3 rings (SSSR count). The number of hydrazone groups is 1. The van der Waals surface area contributed by atoms with Gasteiger partial charge in [-0.15, -0.1) is 0 Å². The third kappa shape index (κ3) is 5.48. The molecule has 0 saturated carbocycles. The number of hydrogen-bond donors (Lipinski definition) is 1. The summed E-state index contributed by atoms with van der Waals surface area (Å²) in [5, 5.41) is 3.99. The first-order valence-electron chi connectivity index (χ1n) is 10.3. The van der Waals surface area contributed by atoms with Gasteiger partial charge in [0.2, 0.25) is 10.0 Å². The zero-order valence-electron chi connectivity index (χ0n) is 19.3. The number of amides is 1. The Kier molecular flexibility index (Phi) is 7.02. The largest absolute Gasteiger partial charge is 0.315 e. The molecule has 0 unspecified atom stereocenters. The highest BCUT2D eigenvalue weighted by atomic mass is 32.2. The summed E-state index contributed by atoms with van der Waals surface area (Å²) < 4.78 is 41.8. The molecule has 3 aromatic rings. The van der Waals surface area contributed by atoms with Crippen molar-refractivity contribution in [2.24, 2.45) is 5.10 Å². The van der Waals surface area contributed by atoms with Gasteiger partial charge in [0.1, 0.15) is 12.4 Å². The Labute approximate surface area is 193 Å². The molecule has 0 fully saturated rings. The summed E-state index contributed by atoms with van der Waals surface area (Å²) >= 11 is 0. The summed E-state index contributed by atoms with van der Waals surface area (Å²) in [6.07, 6.45) is 2.52.